The van der Waals surface area contributed by atoms with Crippen molar-refractivity contribution < 1.29 is 14.1 Å². The highest BCUT2D eigenvalue weighted by Gasteiger charge is 2.17. The number of hydrogen-bond acceptors (Lipinski definition) is 5. The third-order valence-corrected chi connectivity index (χ3v) is 3.33. The van der Waals surface area contributed by atoms with Crippen LogP contribution in [0.5, 0.6) is 5.75 Å². The number of rotatable bonds is 6. The molecule has 2 aromatic carbocycles. The van der Waals surface area contributed by atoms with Crippen LogP contribution in [0.15, 0.2) is 65.2 Å². The molecule has 0 unspecified atom stereocenters. The lowest BCUT2D eigenvalue weighted by Crippen LogP contribution is -2.31. The quantitative estimate of drug-likeness (QED) is 0.754. The topological polar surface area (TPSA) is 77.2 Å². The molecule has 0 bridgehead atoms. The first-order chi connectivity index (χ1) is 11.7. The van der Waals surface area contributed by atoms with Crippen molar-refractivity contribution >= 4 is 5.91 Å². The Labute approximate surface area is 139 Å². The van der Waals surface area contributed by atoms with Gasteiger partial charge in [0.15, 0.2) is 6.61 Å². The lowest BCUT2D eigenvalue weighted by molar-refractivity contribution is -0.123. The smallest absolute Gasteiger partial charge is 0.258 e. The van der Waals surface area contributed by atoms with Crippen LogP contribution in [0.25, 0.3) is 11.4 Å². The van der Waals surface area contributed by atoms with Crippen LogP contribution >= 0.6 is 0 Å². The number of nitrogens with zero attached hydrogens (tertiary/aromatic N) is 2. The van der Waals surface area contributed by atoms with Crippen LogP contribution in [-0.2, 0) is 4.79 Å². The maximum Gasteiger partial charge on any atom is 0.258 e. The number of ether oxygens (including phenoxy) is 1. The molecule has 1 aromatic heterocycles. The van der Waals surface area contributed by atoms with E-state index in [9.17, 15) is 4.79 Å². The Morgan fingerprint density at radius 2 is 1.79 bits per heavy atom. The third-order valence-electron chi connectivity index (χ3n) is 3.33. The van der Waals surface area contributed by atoms with E-state index in [-0.39, 0.29) is 12.5 Å². The number of para-hydroxylation sites is 1. The normalized spacial score (nSPS) is 11.7. The molecular formula is C18H17N3O3. The molecule has 0 aliphatic rings. The summed E-state index contributed by atoms with van der Waals surface area (Å²) in [6.07, 6.45) is 0. The Bertz CT molecular complexity index is 788. The number of carbonyl (C=O) groups excluding carboxylic acids is 1. The van der Waals surface area contributed by atoms with E-state index in [1.165, 1.54) is 0 Å². The molecule has 1 N–H and O–H groups in total. The molecule has 122 valence electrons. The van der Waals surface area contributed by atoms with Gasteiger partial charge >= 0.3 is 0 Å². The highest BCUT2D eigenvalue weighted by atomic mass is 16.5. The minimum Gasteiger partial charge on any atom is -0.484 e. The standard InChI is InChI=1S/C18H17N3O3/c1-13(19-16(22)12-23-15-10-6-3-7-11-15)18-20-17(21-24-18)14-8-4-2-5-9-14/h2-11,13H,12H2,1H3,(H,19,22)/t13-/m1/s1. The van der Waals surface area contributed by atoms with Gasteiger partial charge in [0.2, 0.25) is 11.7 Å². The Hall–Kier alpha value is -3.15. The van der Waals surface area contributed by atoms with E-state index in [1.807, 2.05) is 48.5 Å². The summed E-state index contributed by atoms with van der Waals surface area (Å²) in [5, 5.41) is 6.71. The maximum atomic E-state index is 12.0. The zero-order chi connectivity index (χ0) is 16.8. The van der Waals surface area contributed by atoms with Gasteiger partial charge in [0.05, 0.1) is 0 Å². The number of amides is 1. The second-order valence-electron chi connectivity index (χ2n) is 5.21. The lowest BCUT2D eigenvalue weighted by Gasteiger charge is -2.10. The molecule has 6 nitrogen and oxygen atoms in total. The summed E-state index contributed by atoms with van der Waals surface area (Å²) in [6.45, 7) is 1.71. The largest absolute Gasteiger partial charge is 0.484 e. The summed E-state index contributed by atoms with van der Waals surface area (Å²) < 4.78 is 10.6. The third kappa shape index (κ3) is 3.98. The van der Waals surface area contributed by atoms with Gasteiger partial charge in [-0.2, -0.15) is 4.98 Å². The van der Waals surface area contributed by atoms with Gasteiger partial charge in [0.25, 0.3) is 5.91 Å². The highest BCUT2D eigenvalue weighted by Crippen LogP contribution is 2.18. The molecule has 0 saturated heterocycles. The van der Waals surface area contributed by atoms with Gasteiger partial charge < -0.3 is 14.6 Å². The molecule has 24 heavy (non-hydrogen) atoms. The molecule has 0 saturated carbocycles. The number of benzene rings is 2. The van der Waals surface area contributed by atoms with Crippen LogP contribution < -0.4 is 10.1 Å². The SMILES string of the molecule is C[C@@H](NC(=O)COc1ccccc1)c1nc(-c2ccccc2)no1. The molecule has 0 radical (unpaired) electrons. The summed E-state index contributed by atoms with van der Waals surface area (Å²) in [4.78, 5) is 16.3. The van der Waals surface area contributed by atoms with Crippen molar-refractivity contribution in [3.05, 3.63) is 66.6 Å². The van der Waals surface area contributed by atoms with Crippen molar-refractivity contribution in [2.75, 3.05) is 6.61 Å². The molecule has 3 aromatic rings. The van der Waals surface area contributed by atoms with Gasteiger partial charge in [-0.05, 0) is 19.1 Å². The Morgan fingerprint density at radius 1 is 1.12 bits per heavy atom. The van der Waals surface area contributed by atoms with E-state index >= 15 is 0 Å². The average molecular weight is 323 g/mol. The Balaban J connectivity index is 1.56. The number of carbonyl (C=O) groups is 1. The molecule has 1 atom stereocenters. The van der Waals surface area contributed by atoms with Crippen molar-refractivity contribution in [2.24, 2.45) is 0 Å². The van der Waals surface area contributed by atoms with E-state index in [2.05, 4.69) is 15.5 Å². The van der Waals surface area contributed by atoms with Crippen molar-refractivity contribution in [2.45, 2.75) is 13.0 Å². The van der Waals surface area contributed by atoms with Crippen molar-refractivity contribution in [1.82, 2.24) is 15.5 Å². The van der Waals surface area contributed by atoms with Gasteiger partial charge in [-0.25, -0.2) is 0 Å². The molecule has 0 aliphatic carbocycles. The van der Waals surface area contributed by atoms with Crippen LogP contribution in [0.1, 0.15) is 18.9 Å². The molecule has 0 spiro atoms. The lowest BCUT2D eigenvalue weighted by atomic mass is 10.2. The molecule has 1 heterocycles. The Morgan fingerprint density at radius 3 is 2.50 bits per heavy atom. The molecule has 0 fully saturated rings. The average Bonchev–Trinajstić information content (AvgIpc) is 3.12. The molecule has 1 amide bonds. The van der Waals surface area contributed by atoms with Gasteiger partial charge in [-0.15, -0.1) is 0 Å². The fraction of sp³-hybridized carbons (Fsp3) is 0.167. The fourth-order valence-electron chi connectivity index (χ4n) is 2.13. The van der Waals surface area contributed by atoms with Gasteiger partial charge in [0.1, 0.15) is 11.8 Å². The van der Waals surface area contributed by atoms with Crippen LogP contribution in [-0.4, -0.2) is 22.7 Å². The zero-order valence-electron chi connectivity index (χ0n) is 13.2. The number of hydrogen-bond donors (Lipinski definition) is 1. The van der Waals surface area contributed by atoms with E-state index in [1.54, 1.807) is 19.1 Å². The second kappa shape index (κ2) is 7.41. The fourth-order valence-corrected chi connectivity index (χ4v) is 2.13. The van der Waals surface area contributed by atoms with Crippen LogP contribution in [0, 0.1) is 0 Å². The minimum absolute atomic E-state index is 0.0754. The van der Waals surface area contributed by atoms with E-state index in [4.69, 9.17) is 9.26 Å². The first-order valence-corrected chi connectivity index (χ1v) is 7.58. The second-order valence-corrected chi connectivity index (χ2v) is 5.21. The molecule has 6 heteroatoms. The summed E-state index contributed by atoms with van der Waals surface area (Å²) in [5.74, 6) is 1.23. The van der Waals surface area contributed by atoms with Crippen molar-refractivity contribution in [3.8, 4) is 17.1 Å². The summed E-state index contributed by atoms with van der Waals surface area (Å²) in [7, 11) is 0. The summed E-state index contributed by atoms with van der Waals surface area (Å²) >= 11 is 0. The Kier molecular flexibility index (Phi) is 4.86. The van der Waals surface area contributed by atoms with Gasteiger partial charge in [-0.3, -0.25) is 4.79 Å². The van der Waals surface area contributed by atoms with Crippen LogP contribution in [0.3, 0.4) is 0 Å². The number of nitrogens with one attached hydrogen (secondary N) is 1. The summed E-state index contributed by atoms with van der Waals surface area (Å²) in [6, 6.07) is 18.3. The van der Waals surface area contributed by atoms with E-state index < -0.39 is 6.04 Å². The monoisotopic (exact) mass is 323 g/mol. The van der Waals surface area contributed by atoms with E-state index in [0.29, 0.717) is 17.5 Å². The molecule has 3 rings (SSSR count). The van der Waals surface area contributed by atoms with Crippen LogP contribution in [0.2, 0.25) is 0 Å². The first kappa shape index (κ1) is 15.7. The predicted molar refractivity (Wildman–Crippen MR) is 88.2 cm³/mol. The molecule has 0 aliphatic heterocycles. The maximum absolute atomic E-state index is 12.0. The van der Waals surface area contributed by atoms with Crippen molar-refractivity contribution in [1.29, 1.82) is 0 Å². The van der Waals surface area contributed by atoms with E-state index in [0.717, 1.165) is 5.56 Å². The number of aromatic nitrogens is 2. The van der Waals surface area contributed by atoms with Gasteiger partial charge in [0, 0.05) is 5.56 Å². The summed E-state index contributed by atoms with van der Waals surface area (Å²) in [5.41, 5.74) is 0.860. The predicted octanol–water partition coefficient (Wildman–Crippen LogP) is 2.99. The van der Waals surface area contributed by atoms with Crippen LogP contribution in [0.4, 0.5) is 0 Å². The van der Waals surface area contributed by atoms with Crippen molar-refractivity contribution in [3.63, 3.8) is 0 Å². The zero-order valence-corrected chi connectivity index (χ0v) is 13.2. The first-order valence-electron chi connectivity index (χ1n) is 7.58. The van der Waals surface area contributed by atoms with Gasteiger partial charge in [-0.1, -0.05) is 53.7 Å². The minimum atomic E-state index is -0.401. The highest BCUT2D eigenvalue weighted by molar-refractivity contribution is 5.77. The molecular weight excluding hydrogens is 306 g/mol.